The van der Waals surface area contributed by atoms with Gasteiger partial charge in [-0.2, -0.15) is 0 Å². The summed E-state index contributed by atoms with van der Waals surface area (Å²) in [4.78, 5) is 19.7. The minimum Gasteiger partial charge on any atom is -0.497 e. The molecule has 0 aliphatic rings. The number of nitrogen functional groups attached to an aromatic ring is 1. The zero-order valence-corrected chi connectivity index (χ0v) is 12.8. The van der Waals surface area contributed by atoms with E-state index in [1.807, 2.05) is 0 Å². The number of hydrogen-bond donors (Lipinski definition) is 3. The number of methoxy groups -OCH3 is 2. The molecule has 0 spiro atoms. The predicted molar refractivity (Wildman–Crippen MR) is 83.3 cm³/mol. The monoisotopic (exact) mass is 318 g/mol. The van der Waals surface area contributed by atoms with E-state index in [4.69, 9.17) is 15.2 Å². The fourth-order valence-electron chi connectivity index (χ4n) is 2.01. The lowest BCUT2D eigenvalue weighted by Crippen LogP contribution is -2.30. The standard InChI is InChI=1S/C15H18N4O4/c1-22-9-3-4-12(23-2)10(7-9)11(20)8-19-15(21)13-14(16)18-6-5-17-13/h3-7,11,20H,8H2,1-2H3,(H2,16,18)(H,19,21)/t11-/m1/s1. The van der Waals surface area contributed by atoms with Gasteiger partial charge in [-0.3, -0.25) is 4.79 Å². The zero-order chi connectivity index (χ0) is 16.8. The van der Waals surface area contributed by atoms with Crippen LogP contribution in [0.4, 0.5) is 5.82 Å². The van der Waals surface area contributed by atoms with Crippen LogP contribution in [0, 0.1) is 0 Å². The minimum atomic E-state index is -0.984. The zero-order valence-electron chi connectivity index (χ0n) is 12.8. The van der Waals surface area contributed by atoms with Gasteiger partial charge in [-0.05, 0) is 18.2 Å². The average Bonchev–Trinajstić information content (AvgIpc) is 2.59. The lowest BCUT2D eigenvalue weighted by Gasteiger charge is -2.16. The summed E-state index contributed by atoms with van der Waals surface area (Å²) in [5.74, 6) is 0.575. The number of amides is 1. The maximum atomic E-state index is 12.0. The van der Waals surface area contributed by atoms with Gasteiger partial charge in [-0.25, -0.2) is 9.97 Å². The molecule has 4 N–H and O–H groups in total. The van der Waals surface area contributed by atoms with Crippen molar-refractivity contribution in [1.29, 1.82) is 0 Å². The van der Waals surface area contributed by atoms with E-state index in [-0.39, 0.29) is 18.1 Å². The van der Waals surface area contributed by atoms with Gasteiger partial charge in [0.05, 0.1) is 14.2 Å². The number of aliphatic hydroxyl groups is 1. The third kappa shape index (κ3) is 3.86. The van der Waals surface area contributed by atoms with Crippen LogP contribution in [0.2, 0.25) is 0 Å². The van der Waals surface area contributed by atoms with Gasteiger partial charge in [-0.15, -0.1) is 0 Å². The molecule has 2 rings (SSSR count). The van der Waals surface area contributed by atoms with Gasteiger partial charge in [0.15, 0.2) is 11.5 Å². The van der Waals surface area contributed by atoms with E-state index in [1.165, 1.54) is 26.6 Å². The maximum absolute atomic E-state index is 12.0. The Morgan fingerprint density at radius 3 is 2.70 bits per heavy atom. The highest BCUT2D eigenvalue weighted by atomic mass is 16.5. The van der Waals surface area contributed by atoms with Gasteiger partial charge < -0.3 is 25.6 Å². The fraction of sp³-hybridized carbons (Fsp3) is 0.267. The van der Waals surface area contributed by atoms with Crippen molar-refractivity contribution in [2.24, 2.45) is 0 Å². The summed E-state index contributed by atoms with van der Waals surface area (Å²) in [5.41, 5.74) is 6.10. The summed E-state index contributed by atoms with van der Waals surface area (Å²) in [6.07, 6.45) is 1.77. The molecule has 1 atom stereocenters. The molecule has 8 nitrogen and oxygen atoms in total. The lowest BCUT2D eigenvalue weighted by molar-refractivity contribution is 0.0910. The van der Waals surface area contributed by atoms with E-state index in [0.717, 1.165) is 0 Å². The van der Waals surface area contributed by atoms with Crippen LogP contribution in [-0.4, -0.2) is 41.7 Å². The van der Waals surface area contributed by atoms with Crippen LogP contribution >= 0.6 is 0 Å². The molecule has 0 saturated heterocycles. The maximum Gasteiger partial charge on any atom is 0.273 e. The Morgan fingerprint density at radius 1 is 1.30 bits per heavy atom. The normalized spacial score (nSPS) is 11.6. The Bertz CT molecular complexity index is 693. The van der Waals surface area contributed by atoms with Crippen LogP contribution in [0.5, 0.6) is 11.5 Å². The van der Waals surface area contributed by atoms with E-state index in [1.54, 1.807) is 18.2 Å². The highest BCUT2D eigenvalue weighted by Gasteiger charge is 2.18. The molecule has 0 aliphatic heterocycles. The number of nitrogens with zero attached hydrogens (tertiary/aromatic N) is 2. The highest BCUT2D eigenvalue weighted by Crippen LogP contribution is 2.29. The van der Waals surface area contributed by atoms with Crippen molar-refractivity contribution in [3.63, 3.8) is 0 Å². The van der Waals surface area contributed by atoms with E-state index >= 15 is 0 Å². The number of hydrogen-bond acceptors (Lipinski definition) is 7. The number of nitrogens with two attached hydrogens (primary N) is 1. The first-order valence-electron chi connectivity index (χ1n) is 6.81. The Labute approximate surface area is 133 Å². The number of carbonyl (C=O) groups is 1. The van der Waals surface area contributed by atoms with Crippen molar-refractivity contribution in [1.82, 2.24) is 15.3 Å². The first-order valence-corrected chi connectivity index (χ1v) is 6.81. The molecule has 0 saturated carbocycles. The Morgan fingerprint density at radius 2 is 2.04 bits per heavy atom. The van der Waals surface area contributed by atoms with E-state index < -0.39 is 12.0 Å². The summed E-state index contributed by atoms with van der Waals surface area (Å²) in [5, 5.41) is 12.9. The Balaban J connectivity index is 2.09. The van der Waals surface area contributed by atoms with E-state index in [0.29, 0.717) is 17.1 Å². The van der Waals surface area contributed by atoms with Crippen LogP contribution in [0.3, 0.4) is 0 Å². The SMILES string of the molecule is COc1ccc(OC)c([C@H](O)CNC(=O)c2nccnc2N)c1. The van der Waals surface area contributed by atoms with Crippen molar-refractivity contribution in [3.05, 3.63) is 41.9 Å². The van der Waals surface area contributed by atoms with Gasteiger partial charge in [0, 0.05) is 24.5 Å². The third-order valence-corrected chi connectivity index (χ3v) is 3.19. The number of ether oxygens (including phenoxy) is 2. The number of nitrogens with one attached hydrogen (secondary N) is 1. The second kappa shape index (κ2) is 7.41. The molecule has 0 fully saturated rings. The van der Waals surface area contributed by atoms with Crippen LogP contribution in [0.15, 0.2) is 30.6 Å². The van der Waals surface area contributed by atoms with Gasteiger partial charge in [0.25, 0.3) is 5.91 Å². The van der Waals surface area contributed by atoms with Crippen LogP contribution in [-0.2, 0) is 0 Å². The number of carbonyl (C=O) groups excluding carboxylic acids is 1. The summed E-state index contributed by atoms with van der Waals surface area (Å²) in [7, 11) is 3.02. The number of aromatic nitrogens is 2. The minimum absolute atomic E-state index is 0.0114. The largest absolute Gasteiger partial charge is 0.497 e. The molecule has 2 aromatic rings. The summed E-state index contributed by atoms with van der Waals surface area (Å²) >= 11 is 0. The summed E-state index contributed by atoms with van der Waals surface area (Å²) in [6, 6.07) is 5.04. The van der Waals surface area contributed by atoms with Crippen molar-refractivity contribution >= 4 is 11.7 Å². The number of rotatable bonds is 6. The molecule has 0 radical (unpaired) electrons. The van der Waals surface area contributed by atoms with Crippen molar-refractivity contribution in [2.75, 3.05) is 26.5 Å². The van der Waals surface area contributed by atoms with Crippen LogP contribution in [0.25, 0.3) is 0 Å². The number of benzene rings is 1. The Hall–Kier alpha value is -2.87. The van der Waals surface area contributed by atoms with Crippen LogP contribution in [0.1, 0.15) is 22.2 Å². The van der Waals surface area contributed by atoms with Gasteiger partial charge in [-0.1, -0.05) is 0 Å². The molecule has 0 aliphatic carbocycles. The predicted octanol–water partition coefficient (Wildman–Crippen LogP) is 0.539. The Kier molecular flexibility index (Phi) is 5.32. The molecule has 23 heavy (non-hydrogen) atoms. The van der Waals surface area contributed by atoms with Crippen molar-refractivity contribution in [2.45, 2.75) is 6.10 Å². The van der Waals surface area contributed by atoms with Crippen molar-refractivity contribution < 1.29 is 19.4 Å². The molecule has 122 valence electrons. The summed E-state index contributed by atoms with van der Waals surface area (Å²) < 4.78 is 10.3. The molecular formula is C15H18N4O4. The molecule has 1 aromatic heterocycles. The van der Waals surface area contributed by atoms with Crippen molar-refractivity contribution in [3.8, 4) is 11.5 Å². The highest BCUT2D eigenvalue weighted by molar-refractivity contribution is 5.96. The van der Waals surface area contributed by atoms with Gasteiger partial charge in [0.2, 0.25) is 0 Å². The quantitative estimate of drug-likeness (QED) is 0.711. The molecule has 0 bridgehead atoms. The van der Waals surface area contributed by atoms with Gasteiger partial charge >= 0.3 is 0 Å². The van der Waals surface area contributed by atoms with Crippen LogP contribution < -0.4 is 20.5 Å². The fourth-order valence-corrected chi connectivity index (χ4v) is 2.01. The number of aliphatic hydroxyl groups excluding tert-OH is 1. The third-order valence-electron chi connectivity index (χ3n) is 3.19. The average molecular weight is 318 g/mol. The summed E-state index contributed by atoms with van der Waals surface area (Å²) in [6.45, 7) is -0.0433. The molecule has 1 aromatic carbocycles. The van der Waals surface area contributed by atoms with E-state index in [2.05, 4.69) is 15.3 Å². The molecule has 8 heteroatoms. The number of anilines is 1. The molecule has 1 amide bonds. The first kappa shape index (κ1) is 16.5. The second-order valence-corrected chi connectivity index (χ2v) is 4.62. The van der Waals surface area contributed by atoms with Gasteiger partial charge in [0.1, 0.15) is 17.6 Å². The van der Waals surface area contributed by atoms with E-state index in [9.17, 15) is 9.90 Å². The lowest BCUT2D eigenvalue weighted by atomic mass is 10.1. The first-order chi connectivity index (χ1) is 11.1. The molecule has 1 heterocycles. The molecule has 0 unspecified atom stereocenters. The smallest absolute Gasteiger partial charge is 0.273 e. The molecular weight excluding hydrogens is 300 g/mol. The second-order valence-electron chi connectivity index (χ2n) is 4.62. The topological polar surface area (TPSA) is 120 Å².